The van der Waals surface area contributed by atoms with Crippen molar-refractivity contribution in [2.75, 3.05) is 25.6 Å². The summed E-state index contributed by atoms with van der Waals surface area (Å²) in [4.78, 5) is 24.8. The highest BCUT2D eigenvalue weighted by molar-refractivity contribution is 8.15. The summed E-state index contributed by atoms with van der Waals surface area (Å²) < 4.78 is 49.2. The first-order valence-corrected chi connectivity index (χ1v) is 10.9. The number of thioether (sulfide) groups is 1. The van der Waals surface area contributed by atoms with Crippen LogP contribution >= 0.6 is 11.8 Å². The van der Waals surface area contributed by atoms with E-state index in [1.165, 1.54) is 30.0 Å². The molecule has 0 saturated heterocycles. The minimum atomic E-state index is -2.65. The van der Waals surface area contributed by atoms with Gasteiger partial charge in [0, 0.05) is 24.3 Å². The van der Waals surface area contributed by atoms with Crippen molar-refractivity contribution in [1.29, 1.82) is 0 Å². The number of aromatic nitrogens is 2. The quantitative estimate of drug-likeness (QED) is 0.596. The van der Waals surface area contributed by atoms with Crippen molar-refractivity contribution in [1.82, 2.24) is 9.97 Å². The molecule has 1 amide bonds. The number of fused-ring (bicyclic) bond motifs is 1. The van der Waals surface area contributed by atoms with Gasteiger partial charge in [0.25, 0.3) is 12.3 Å². The van der Waals surface area contributed by atoms with Crippen molar-refractivity contribution in [2.45, 2.75) is 30.1 Å². The zero-order valence-corrected chi connectivity index (χ0v) is 18.7. The van der Waals surface area contributed by atoms with Gasteiger partial charge < -0.3 is 20.5 Å². The number of carbonyl (C=O) groups excluding carboxylic acids is 1. The molecule has 1 fully saturated rings. The molecule has 2 aliphatic rings. The van der Waals surface area contributed by atoms with Crippen LogP contribution in [0.4, 0.5) is 18.9 Å². The Kier molecular flexibility index (Phi) is 6.23. The van der Waals surface area contributed by atoms with E-state index in [0.29, 0.717) is 23.0 Å². The lowest BCUT2D eigenvalue weighted by atomic mass is 9.85. The first-order valence-electron chi connectivity index (χ1n) is 10.0. The fourth-order valence-electron chi connectivity index (χ4n) is 4.17. The molecule has 12 heteroatoms. The molecule has 2 aromatic rings. The number of hydrogen-bond donors (Lipinski definition) is 2. The van der Waals surface area contributed by atoms with Crippen LogP contribution in [0.2, 0.25) is 0 Å². The summed E-state index contributed by atoms with van der Waals surface area (Å²) in [5.41, 5.74) is 5.75. The lowest BCUT2D eigenvalue weighted by Crippen LogP contribution is -2.37. The van der Waals surface area contributed by atoms with Gasteiger partial charge in [0.2, 0.25) is 5.88 Å². The minimum absolute atomic E-state index is 0.0225. The van der Waals surface area contributed by atoms with Crippen LogP contribution in [0.25, 0.3) is 0 Å². The monoisotopic (exact) mass is 481 g/mol. The molecule has 0 spiro atoms. The summed E-state index contributed by atoms with van der Waals surface area (Å²) in [7, 11) is 1.61. The van der Waals surface area contributed by atoms with Gasteiger partial charge in [0.15, 0.2) is 11.8 Å². The summed E-state index contributed by atoms with van der Waals surface area (Å²) >= 11 is 1.45. The Morgan fingerprint density at radius 2 is 2.15 bits per heavy atom. The predicted octanol–water partition coefficient (Wildman–Crippen LogP) is 3.19. The zero-order chi connectivity index (χ0) is 23.8. The number of halogens is 3. The number of carbonyl (C=O) groups is 1. The number of ether oxygens (including phenoxy) is 2. The molecule has 176 valence electrons. The maximum absolute atomic E-state index is 14.9. The highest BCUT2D eigenvalue weighted by Crippen LogP contribution is 2.66. The van der Waals surface area contributed by atoms with E-state index >= 15 is 0 Å². The number of nitrogens with two attached hydrogens (primary N) is 1. The van der Waals surface area contributed by atoms with E-state index in [-0.39, 0.29) is 22.2 Å². The lowest BCUT2D eigenvalue weighted by Gasteiger charge is -2.34. The molecule has 4 rings (SSSR count). The Morgan fingerprint density at radius 3 is 2.82 bits per heavy atom. The van der Waals surface area contributed by atoms with Crippen LogP contribution in [-0.4, -0.2) is 52.5 Å². The van der Waals surface area contributed by atoms with Crippen molar-refractivity contribution in [2.24, 2.45) is 16.6 Å². The predicted molar refractivity (Wildman–Crippen MR) is 117 cm³/mol. The third-order valence-electron chi connectivity index (χ3n) is 5.73. The summed E-state index contributed by atoms with van der Waals surface area (Å²) in [5.74, 6) is -1.17. The summed E-state index contributed by atoms with van der Waals surface area (Å²) in [5, 5.41) is 3.01. The maximum Gasteiger partial charge on any atom is 0.275 e. The van der Waals surface area contributed by atoms with Gasteiger partial charge in [-0.2, -0.15) is 0 Å². The van der Waals surface area contributed by atoms with Crippen molar-refractivity contribution in [3.05, 3.63) is 47.7 Å². The van der Waals surface area contributed by atoms with E-state index in [4.69, 9.17) is 15.2 Å². The van der Waals surface area contributed by atoms with Gasteiger partial charge in [-0.3, -0.25) is 9.79 Å². The SMILES string of the molecule is COC[C@]12C[C@H]1[C@](C)(c1cc(NC(=O)c3cnc(OCC(F)F)cn3)ccc1F)N=C(N)S2. The molecule has 3 N–H and O–H groups in total. The lowest BCUT2D eigenvalue weighted by molar-refractivity contribution is 0.0792. The number of amidine groups is 1. The Bertz CT molecular complexity index is 1090. The molecule has 2 heterocycles. The van der Waals surface area contributed by atoms with Crippen LogP contribution in [0.5, 0.6) is 5.88 Å². The number of amides is 1. The summed E-state index contributed by atoms with van der Waals surface area (Å²) in [6, 6.07) is 4.22. The Hall–Kier alpha value is -2.86. The number of aliphatic imine (C=N–C) groups is 1. The molecule has 0 bridgehead atoms. The number of methoxy groups -OCH3 is 1. The van der Waals surface area contributed by atoms with Gasteiger partial charge in [-0.15, -0.1) is 0 Å². The number of nitrogens with zero attached hydrogens (tertiary/aromatic N) is 3. The van der Waals surface area contributed by atoms with Crippen molar-refractivity contribution in [3.63, 3.8) is 0 Å². The first kappa shape index (κ1) is 23.3. The number of anilines is 1. The van der Waals surface area contributed by atoms with Gasteiger partial charge >= 0.3 is 0 Å². The van der Waals surface area contributed by atoms with E-state index in [0.717, 1.165) is 18.8 Å². The van der Waals surface area contributed by atoms with Crippen LogP contribution < -0.4 is 15.8 Å². The van der Waals surface area contributed by atoms with E-state index in [2.05, 4.69) is 20.3 Å². The topological polar surface area (TPSA) is 112 Å². The summed E-state index contributed by atoms with van der Waals surface area (Å²) in [6.07, 6.45) is 0.308. The van der Waals surface area contributed by atoms with Crippen molar-refractivity contribution >= 4 is 28.5 Å². The third-order valence-corrected chi connectivity index (χ3v) is 7.01. The van der Waals surface area contributed by atoms with E-state index in [1.54, 1.807) is 7.11 Å². The van der Waals surface area contributed by atoms with Crippen LogP contribution in [0.1, 0.15) is 29.4 Å². The number of alkyl halides is 2. The second-order valence-electron chi connectivity index (χ2n) is 8.04. The molecular weight excluding hydrogens is 459 g/mol. The maximum atomic E-state index is 14.9. The molecule has 0 unspecified atom stereocenters. The zero-order valence-electron chi connectivity index (χ0n) is 17.8. The number of nitrogens with one attached hydrogen (secondary N) is 1. The molecule has 8 nitrogen and oxygen atoms in total. The van der Waals surface area contributed by atoms with Gasteiger partial charge in [0.05, 0.1) is 29.3 Å². The number of hydrogen-bond acceptors (Lipinski definition) is 8. The molecule has 1 aromatic heterocycles. The molecule has 1 saturated carbocycles. The summed E-state index contributed by atoms with van der Waals surface area (Å²) in [6.45, 7) is 1.48. The smallest absolute Gasteiger partial charge is 0.275 e. The number of benzene rings is 1. The highest BCUT2D eigenvalue weighted by Gasteiger charge is 2.66. The Balaban J connectivity index is 1.53. The van der Waals surface area contributed by atoms with Crippen LogP contribution in [0.3, 0.4) is 0 Å². The minimum Gasteiger partial charge on any atom is -0.470 e. The van der Waals surface area contributed by atoms with Gasteiger partial charge in [0.1, 0.15) is 11.5 Å². The third kappa shape index (κ3) is 4.62. The normalized spacial score (nSPS) is 25.9. The highest BCUT2D eigenvalue weighted by atomic mass is 32.2. The Labute approximate surface area is 192 Å². The standard InChI is InChI=1S/C21H22F3N5O3S/c1-20(15-6-21(15,10-31-2)33-19(25)29-20)12-5-11(3-4-13(12)22)28-18(30)14-7-27-17(8-26-14)32-9-16(23)24/h3-5,7-8,15-16H,6,9-10H2,1-2H3,(H2,25,29)(H,28,30)/t15-,20-,21+/m0/s1. The van der Waals surface area contributed by atoms with Crippen LogP contribution in [0.15, 0.2) is 35.6 Å². The largest absolute Gasteiger partial charge is 0.470 e. The van der Waals surface area contributed by atoms with Gasteiger partial charge in [-0.05, 0) is 31.5 Å². The average molecular weight is 482 g/mol. The molecule has 3 atom stereocenters. The van der Waals surface area contributed by atoms with Crippen LogP contribution in [-0.2, 0) is 10.3 Å². The first-order chi connectivity index (χ1) is 15.7. The molecule has 1 aromatic carbocycles. The van der Waals surface area contributed by atoms with Crippen molar-refractivity contribution in [3.8, 4) is 5.88 Å². The second-order valence-corrected chi connectivity index (χ2v) is 9.48. The molecule has 0 radical (unpaired) electrons. The molecule has 1 aliphatic carbocycles. The number of rotatable bonds is 8. The van der Waals surface area contributed by atoms with E-state index in [1.807, 2.05) is 6.92 Å². The molecule has 33 heavy (non-hydrogen) atoms. The average Bonchev–Trinajstić information content (AvgIpc) is 3.48. The van der Waals surface area contributed by atoms with E-state index < -0.39 is 30.3 Å². The van der Waals surface area contributed by atoms with Crippen molar-refractivity contribution < 1.29 is 27.4 Å². The second kappa shape index (κ2) is 8.82. The molecular formula is C21H22F3N5O3S. The van der Waals surface area contributed by atoms with Gasteiger partial charge in [-0.25, -0.2) is 23.1 Å². The fourth-order valence-corrected chi connectivity index (χ4v) is 5.62. The van der Waals surface area contributed by atoms with E-state index in [9.17, 15) is 18.0 Å². The van der Waals surface area contributed by atoms with Crippen LogP contribution in [0, 0.1) is 11.7 Å². The fraction of sp³-hybridized carbons (Fsp3) is 0.429. The van der Waals surface area contributed by atoms with Gasteiger partial charge in [-0.1, -0.05) is 11.8 Å². The molecule has 1 aliphatic heterocycles. The Morgan fingerprint density at radius 1 is 1.36 bits per heavy atom.